The Balaban J connectivity index is 0. The molecular weight excluding hydrogens is 210 g/mol. The van der Waals surface area contributed by atoms with Crippen LogP contribution in [0.15, 0.2) is 12.7 Å². The van der Waals surface area contributed by atoms with Crippen molar-refractivity contribution in [2.45, 2.75) is 39.7 Å². The molecule has 16 heavy (non-hydrogen) atoms. The molecule has 0 aromatic rings. The third-order valence-corrected chi connectivity index (χ3v) is 1.34. The van der Waals surface area contributed by atoms with E-state index in [4.69, 9.17) is 9.90 Å². The summed E-state index contributed by atoms with van der Waals surface area (Å²) >= 11 is 0. The topological polar surface area (TPSA) is 83.5 Å². The minimum atomic E-state index is -0.833. The number of ketones is 1. The molecule has 0 saturated heterocycles. The Morgan fingerprint density at radius 1 is 1.31 bits per heavy atom. The van der Waals surface area contributed by atoms with Crippen LogP contribution < -0.4 is 5.32 Å². The molecule has 0 aromatic carbocycles. The first-order valence-electron chi connectivity index (χ1n) is 4.74. The highest BCUT2D eigenvalue weighted by Gasteiger charge is 2.20. The van der Waals surface area contributed by atoms with Crippen LogP contribution in [0.3, 0.4) is 0 Å². The maximum Gasteiger partial charge on any atom is 0.300 e. The average Bonchev–Trinajstić information content (AvgIpc) is 1.99. The molecule has 1 amide bonds. The molecule has 0 unspecified atom stereocenters. The highest BCUT2D eigenvalue weighted by molar-refractivity contribution is 5.88. The zero-order valence-electron chi connectivity index (χ0n) is 10.2. The van der Waals surface area contributed by atoms with E-state index in [9.17, 15) is 9.59 Å². The fourth-order valence-electron chi connectivity index (χ4n) is 1.05. The van der Waals surface area contributed by atoms with E-state index >= 15 is 0 Å². The molecule has 92 valence electrons. The standard InChI is InChI=1S/C9H15NO2.C2H4O2/c1-5-8(12)10-9(3,4)6-7(2)11;1-2(3)4/h5H,1,6H2,2-4H3,(H,10,12);1H3,(H,3,4). The molecule has 0 aliphatic rings. The number of carbonyl (C=O) groups excluding carboxylic acids is 2. The quantitative estimate of drug-likeness (QED) is 0.708. The van der Waals surface area contributed by atoms with Crippen molar-refractivity contribution in [3.8, 4) is 0 Å². The normalized spacial score (nSPS) is 9.50. The maximum atomic E-state index is 10.9. The summed E-state index contributed by atoms with van der Waals surface area (Å²) in [4.78, 5) is 30.6. The third kappa shape index (κ3) is 14.9. The fourth-order valence-corrected chi connectivity index (χ4v) is 1.05. The Bertz CT molecular complexity index is 278. The largest absolute Gasteiger partial charge is 0.481 e. The van der Waals surface area contributed by atoms with Gasteiger partial charge in [0.25, 0.3) is 5.97 Å². The van der Waals surface area contributed by atoms with Gasteiger partial charge in [-0.25, -0.2) is 0 Å². The van der Waals surface area contributed by atoms with E-state index in [2.05, 4.69) is 11.9 Å². The van der Waals surface area contributed by atoms with Gasteiger partial charge in [-0.2, -0.15) is 0 Å². The monoisotopic (exact) mass is 229 g/mol. The van der Waals surface area contributed by atoms with Crippen molar-refractivity contribution in [3.63, 3.8) is 0 Å². The highest BCUT2D eigenvalue weighted by Crippen LogP contribution is 2.08. The van der Waals surface area contributed by atoms with Gasteiger partial charge >= 0.3 is 0 Å². The van der Waals surface area contributed by atoms with Gasteiger partial charge < -0.3 is 10.4 Å². The molecule has 0 aliphatic heterocycles. The molecule has 5 heteroatoms. The maximum absolute atomic E-state index is 10.9. The summed E-state index contributed by atoms with van der Waals surface area (Å²) in [6.45, 7) is 9.51. The van der Waals surface area contributed by atoms with Crippen LogP contribution >= 0.6 is 0 Å². The number of carbonyl (C=O) groups is 3. The smallest absolute Gasteiger partial charge is 0.300 e. The fraction of sp³-hybridized carbons (Fsp3) is 0.545. The Labute approximate surface area is 95.5 Å². The van der Waals surface area contributed by atoms with Crippen LogP contribution in [-0.2, 0) is 14.4 Å². The molecule has 0 heterocycles. The summed E-state index contributed by atoms with van der Waals surface area (Å²) < 4.78 is 0. The molecule has 0 radical (unpaired) electrons. The van der Waals surface area contributed by atoms with Crippen molar-refractivity contribution in [1.29, 1.82) is 0 Å². The van der Waals surface area contributed by atoms with Crippen LogP contribution in [0.25, 0.3) is 0 Å². The van der Waals surface area contributed by atoms with E-state index in [1.54, 1.807) is 13.8 Å². The summed E-state index contributed by atoms with van der Waals surface area (Å²) in [6, 6.07) is 0. The summed E-state index contributed by atoms with van der Waals surface area (Å²) in [6.07, 6.45) is 1.54. The first kappa shape index (κ1) is 16.8. The molecule has 0 spiro atoms. The van der Waals surface area contributed by atoms with Crippen LogP contribution in [0.4, 0.5) is 0 Å². The Kier molecular flexibility index (Phi) is 7.98. The Morgan fingerprint density at radius 3 is 1.94 bits per heavy atom. The molecule has 0 saturated carbocycles. The summed E-state index contributed by atoms with van der Waals surface area (Å²) in [5.74, 6) is -1.02. The Hall–Kier alpha value is -1.65. The van der Waals surface area contributed by atoms with Crippen LogP contribution in [0.5, 0.6) is 0 Å². The summed E-state index contributed by atoms with van der Waals surface area (Å²) in [7, 11) is 0. The van der Waals surface area contributed by atoms with Gasteiger partial charge in [0.2, 0.25) is 5.91 Å². The third-order valence-electron chi connectivity index (χ3n) is 1.34. The predicted octanol–water partition coefficient (Wildman–Crippen LogP) is 1.14. The molecule has 0 fully saturated rings. The number of aliphatic carboxylic acids is 1. The van der Waals surface area contributed by atoms with Crippen molar-refractivity contribution in [2.24, 2.45) is 0 Å². The van der Waals surface area contributed by atoms with Crippen molar-refractivity contribution in [1.82, 2.24) is 5.32 Å². The van der Waals surface area contributed by atoms with Gasteiger partial charge in [-0.05, 0) is 26.8 Å². The van der Waals surface area contributed by atoms with E-state index in [0.29, 0.717) is 6.42 Å². The number of amides is 1. The minimum Gasteiger partial charge on any atom is -0.481 e. The molecular formula is C11H19NO4. The van der Waals surface area contributed by atoms with Crippen LogP contribution in [-0.4, -0.2) is 28.3 Å². The lowest BCUT2D eigenvalue weighted by molar-refractivity contribution is -0.134. The SMILES string of the molecule is C=CC(=O)NC(C)(C)CC(C)=O.CC(=O)O. The van der Waals surface area contributed by atoms with Gasteiger partial charge in [-0.1, -0.05) is 6.58 Å². The number of rotatable bonds is 4. The van der Waals surface area contributed by atoms with E-state index in [1.165, 1.54) is 13.0 Å². The number of carboxylic acids is 1. The molecule has 2 N–H and O–H groups in total. The van der Waals surface area contributed by atoms with Gasteiger partial charge in [0.15, 0.2) is 0 Å². The number of hydrogen-bond acceptors (Lipinski definition) is 3. The first-order valence-corrected chi connectivity index (χ1v) is 4.74. The average molecular weight is 229 g/mol. The van der Waals surface area contributed by atoms with Crippen molar-refractivity contribution >= 4 is 17.7 Å². The lowest BCUT2D eigenvalue weighted by atomic mass is 9.98. The second-order valence-electron chi connectivity index (χ2n) is 3.98. The van der Waals surface area contributed by atoms with Crippen LogP contribution in [0, 0.1) is 0 Å². The zero-order chi connectivity index (χ0) is 13.4. The molecule has 0 aromatic heterocycles. The van der Waals surface area contributed by atoms with Crippen molar-refractivity contribution < 1.29 is 19.5 Å². The van der Waals surface area contributed by atoms with Crippen molar-refractivity contribution in [2.75, 3.05) is 0 Å². The van der Waals surface area contributed by atoms with Gasteiger partial charge in [-0.3, -0.25) is 14.4 Å². The van der Waals surface area contributed by atoms with E-state index in [1.807, 2.05) is 0 Å². The second kappa shape index (κ2) is 7.62. The zero-order valence-corrected chi connectivity index (χ0v) is 10.2. The predicted molar refractivity (Wildman–Crippen MR) is 61.0 cm³/mol. The first-order chi connectivity index (χ1) is 7.10. The van der Waals surface area contributed by atoms with Gasteiger partial charge in [0.1, 0.15) is 5.78 Å². The van der Waals surface area contributed by atoms with E-state index in [0.717, 1.165) is 6.92 Å². The lowest BCUT2D eigenvalue weighted by Crippen LogP contribution is -2.43. The highest BCUT2D eigenvalue weighted by atomic mass is 16.4. The molecule has 0 aliphatic carbocycles. The van der Waals surface area contributed by atoms with Crippen molar-refractivity contribution in [3.05, 3.63) is 12.7 Å². The number of Topliss-reactive ketones (excluding diaryl/α,β-unsaturated/α-hetero) is 1. The Morgan fingerprint density at radius 2 is 1.69 bits per heavy atom. The van der Waals surface area contributed by atoms with E-state index in [-0.39, 0.29) is 11.7 Å². The molecule has 0 atom stereocenters. The summed E-state index contributed by atoms with van der Waals surface area (Å²) in [5, 5.41) is 10.1. The summed E-state index contributed by atoms with van der Waals surface area (Å²) in [5.41, 5.74) is -0.475. The minimum absolute atomic E-state index is 0.0596. The number of hydrogen-bond donors (Lipinski definition) is 2. The van der Waals surface area contributed by atoms with E-state index < -0.39 is 11.5 Å². The molecule has 5 nitrogen and oxygen atoms in total. The van der Waals surface area contributed by atoms with Crippen LogP contribution in [0.1, 0.15) is 34.1 Å². The number of carboxylic acid groups (broad SMARTS) is 1. The molecule has 0 rings (SSSR count). The van der Waals surface area contributed by atoms with Gasteiger partial charge in [0.05, 0.1) is 0 Å². The second-order valence-corrected chi connectivity index (χ2v) is 3.98. The lowest BCUT2D eigenvalue weighted by Gasteiger charge is -2.23. The van der Waals surface area contributed by atoms with Gasteiger partial charge in [-0.15, -0.1) is 0 Å². The van der Waals surface area contributed by atoms with Gasteiger partial charge in [0, 0.05) is 18.9 Å². The number of nitrogens with one attached hydrogen (secondary N) is 1. The van der Waals surface area contributed by atoms with Crippen LogP contribution in [0.2, 0.25) is 0 Å². The molecule has 0 bridgehead atoms.